The highest BCUT2D eigenvalue weighted by Gasteiger charge is 2.13. The molecule has 0 aliphatic heterocycles. The molecule has 0 nitrogen and oxygen atoms in total. The lowest BCUT2D eigenvalue weighted by Gasteiger charge is -2.11. The Kier molecular flexibility index (Phi) is 4.19. The molecular weight excluding hydrogens is 328 g/mol. The van der Waals surface area contributed by atoms with Gasteiger partial charge in [0.1, 0.15) is 0 Å². The van der Waals surface area contributed by atoms with Gasteiger partial charge in [0, 0.05) is 14.5 Å². The molecule has 2 aromatic carbocycles. The Balaban J connectivity index is 1.63. The Morgan fingerprint density at radius 3 is 2.58 bits per heavy atom. The first-order chi connectivity index (χ1) is 11.6. The summed E-state index contributed by atoms with van der Waals surface area (Å²) >= 11 is 3.84. The van der Waals surface area contributed by atoms with E-state index in [0.29, 0.717) is 11.8 Å². The summed E-state index contributed by atoms with van der Waals surface area (Å²) in [6.45, 7) is 6.90. The Labute approximate surface area is 151 Å². The molecule has 4 aromatic rings. The third-order valence-corrected chi connectivity index (χ3v) is 7.36. The van der Waals surface area contributed by atoms with E-state index in [1.165, 1.54) is 36.2 Å². The van der Waals surface area contributed by atoms with Crippen LogP contribution in [0, 0.1) is 0 Å². The van der Waals surface area contributed by atoms with Crippen molar-refractivity contribution in [1.82, 2.24) is 0 Å². The Bertz CT molecular complexity index is 987. The predicted molar refractivity (Wildman–Crippen MR) is 110 cm³/mol. The highest BCUT2D eigenvalue weighted by Crippen LogP contribution is 2.35. The first-order valence-electron chi connectivity index (χ1n) is 8.60. The minimum absolute atomic E-state index is 0.551. The van der Waals surface area contributed by atoms with Crippen LogP contribution in [-0.4, -0.2) is 0 Å². The summed E-state index contributed by atoms with van der Waals surface area (Å²) in [7, 11) is 0. The van der Waals surface area contributed by atoms with Crippen LogP contribution in [0.5, 0.6) is 0 Å². The van der Waals surface area contributed by atoms with Crippen LogP contribution in [0.15, 0.2) is 53.9 Å². The summed E-state index contributed by atoms with van der Waals surface area (Å²) in [6, 6.07) is 18.1. The van der Waals surface area contributed by atoms with Crippen LogP contribution >= 0.6 is 22.7 Å². The monoisotopic (exact) mass is 350 g/mol. The molecule has 4 rings (SSSR count). The number of benzene rings is 2. The molecule has 1 atom stereocenters. The van der Waals surface area contributed by atoms with Gasteiger partial charge in [0.15, 0.2) is 0 Å². The van der Waals surface area contributed by atoms with Crippen molar-refractivity contribution < 1.29 is 0 Å². The molecule has 0 saturated carbocycles. The zero-order chi connectivity index (χ0) is 16.7. The molecule has 1 unspecified atom stereocenters. The lowest BCUT2D eigenvalue weighted by molar-refractivity contribution is 0.781. The maximum absolute atomic E-state index is 2.39. The van der Waals surface area contributed by atoms with Gasteiger partial charge in [-0.25, -0.2) is 0 Å². The standard InChI is InChI=1S/C22H22S2/c1-14(2)21-12-18-11-16(8-9-20(18)24-21)10-15(3)22-19-7-5-4-6-17(19)13-23-22/h4-9,11-15H,10H2,1-3H3. The van der Waals surface area contributed by atoms with Gasteiger partial charge in [-0.3, -0.25) is 0 Å². The topological polar surface area (TPSA) is 0 Å². The van der Waals surface area contributed by atoms with Crippen LogP contribution in [0.3, 0.4) is 0 Å². The molecule has 122 valence electrons. The lowest BCUT2D eigenvalue weighted by Crippen LogP contribution is -1.96. The Morgan fingerprint density at radius 1 is 0.917 bits per heavy atom. The first-order valence-corrected chi connectivity index (χ1v) is 10.3. The van der Waals surface area contributed by atoms with E-state index in [9.17, 15) is 0 Å². The molecule has 2 aromatic heterocycles. The van der Waals surface area contributed by atoms with Gasteiger partial charge in [-0.15, -0.1) is 22.7 Å². The van der Waals surface area contributed by atoms with Crippen molar-refractivity contribution in [2.45, 2.75) is 39.0 Å². The van der Waals surface area contributed by atoms with Gasteiger partial charge in [-0.2, -0.15) is 0 Å². The summed E-state index contributed by atoms with van der Waals surface area (Å²) in [6.07, 6.45) is 1.10. The van der Waals surface area contributed by atoms with Gasteiger partial charge in [-0.1, -0.05) is 57.2 Å². The number of hydrogen-bond donors (Lipinski definition) is 0. The van der Waals surface area contributed by atoms with Gasteiger partial charge in [0.25, 0.3) is 0 Å². The summed E-state index contributed by atoms with van der Waals surface area (Å²) in [5, 5.41) is 6.50. The van der Waals surface area contributed by atoms with E-state index in [0.717, 1.165) is 6.42 Å². The van der Waals surface area contributed by atoms with Gasteiger partial charge in [-0.05, 0) is 57.5 Å². The van der Waals surface area contributed by atoms with Crippen molar-refractivity contribution in [3.63, 3.8) is 0 Å². The summed E-state index contributed by atoms with van der Waals surface area (Å²) < 4.78 is 1.41. The maximum atomic E-state index is 2.39. The second-order valence-corrected chi connectivity index (χ2v) is 8.99. The number of thiophene rings is 2. The van der Waals surface area contributed by atoms with Crippen molar-refractivity contribution in [1.29, 1.82) is 0 Å². The molecule has 0 radical (unpaired) electrons. The molecule has 0 saturated heterocycles. The van der Waals surface area contributed by atoms with Crippen LogP contribution in [0.25, 0.3) is 20.9 Å². The third-order valence-electron chi connectivity index (χ3n) is 4.70. The average molecular weight is 351 g/mol. The molecule has 2 heteroatoms. The van der Waals surface area contributed by atoms with Gasteiger partial charge in [0.05, 0.1) is 0 Å². The largest absolute Gasteiger partial charge is 0.147 e. The van der Waals surface area contributed by atoms with Crippen molar-refractivity contribution in [2.75, 3.05) is 0 Å². The summed E-state index contributed by atoms with van der Waals surface area (Å²) in [5.74, 6) is 1.16. The first kappa shape index (κ1) is 15.9. The molecule has 0 bridgehead atoms. The van der Waals surface area contributed by atoms with Crippen LogP contribution < -0.4 is 0 Å². The molecule has 0 aliphatic carbocycles. The minimum atomic E-state index is 0.551. The van der Waals surface area contributed by atoms with E-state index in [-0.39, 0.29) is 0 Å². The molecule has 2 heterocycles. The van der Waals surface area contributed by atoms with E-state index < -0.39 is 0 Å². The van der Waals surface area contributed by atoms with Gasteiger partial charge < -0.3 is 0 Å². The second kappa shape index (κ2) is 6.34. The van der Waals surface area contributed by atoms with Gasteiger partial charge in [0.2, 0.25) is 0 Å². The Morgan fingerprint density at radius 2 is 1.75 bits per heavy atom. The smallest absolute Gasteiger partial charge is 0.0345 e. The number of fused-ring (bicyclic) bond motifs is 2. The molecule has 0 fully saturated rings. The molecule has 0 amide bonds. The van der Waals surface area contributed by atoms with E-state index in [1.807, 2.05) is 22.7 Å². The SMILES string of the molecule is CC(C)c1cc2cc(CC(C)c3scc4ccccc34)ccc2s1. The molecule has 0 spiro atoms. The van der Waals surface area contributed by atoms with E-state index >= 15 is 0 Å². The number of rotatable bonds is 4. The van der Waals surface area contributed by atoms with Crippen molar-refractivity contribution in [3.8, 4) is 0 Å². The maximum Gasteiger partial charge on any atom is 0.0345 e. The zero-order valence-corrected chi connectivity index (χ0v) is 16.0. The Hall–Kier alpha value is -1.64. The summed E-state index contributed by atoms with van der Waals surface area (Å²) in [5.41, 5.74) is 1.44. The third kappa shape index (κ3) is 2.89. The van der Waals surface area contributed by atoms with Crippen molar-refractivity contribution in [3.05, 3.63) is 69.2 Å². The predicted octanol–water partition coefficient (Wildman–Crippen LogP) is 7.59. The van der Waals surface area contributed by atoms with E-state index in [4.69, 9.17) is 0 Å². The van der Waals surface area contributed by atoms with Crippen molar-refractivity contribution in [2.24, 2.45) is 0 Å². The minimum Gasteiger partial charge on any atom is -0.147 e. The summed E-state index contributed by atoms with van der Waals surface area (Å²) in [4.78, 5) is 3.00. The fraction of sp³-hybridized carbons (Fsp3) is 0.273. The van der Waals surface area contributed by atoms with Crippen molar-refractivity contribution >= 4 is 43.5 Å². The fourth-order valence-electron chi connectivity index (χ4n) is 3.37. The average Bonchev–Trinajstić information content (AvgIpc) is 3.18. The highest BCUT2D eigenvalue weighted by molar-refractivity contribution is 7.19. The zero-order valence-electron chi connectivity index (χ0n) is 14.4. The molecule has 0 aliphatic rings. The molecule has 0 N–H and O–H groups in total. The molecule has 24 heavy (non-hydrogen) atoms. The van der Waals surface area contributed by atoms with Crippen LogP contribution in [0.2, 0.25) is 0 Å². The van der Waals surface area contributed by atoms with Crippen LogP contribution in [-0.2, 0) is 6.42 Å². The van der Waals surface area contributed by atoms with E-state index in [2.05, 4.69) is 74.7 Å². The quantitative estimate of drug-likeness (QED) is 0.356. The van der Waals surface area contributed by atoms with E-state index in [1.54, 1.807) is 0 Å². The lowest BCUT2D eigenvalue weighted by atomic mass is 9.96. The second-order valence-electron chi connectivity index (χ2n) is 6.97. The van der Waals surface area contributed by atoms with Gasteiger partial charge >= 0.3 is 0 Å². The highest BCUT2D eigenvalue weighted by atomic mass is 32.1. The fourth-order valence-corrected chi connectivity index (χ4v) is 5.50. The van der Waals surface area contributed by atoms with Crippen LogP contribution in [0.4, 0.5) is 0 Å². The normalized spacial score (nSPS) is 13.2. The molecular formula is C22H22S2. The van der Waals surface area contributed by atoms with Crippen LogP contribution in [0.1, 0.15) is 47.9 Å². The number of hydrogen-bond acceptors (Lipinski definition) is 2.